The first-order chi connectivity index (χ1) is 8.72. The van der Waals surface area contributed by atoms with Gasteiger partial charge in [-0.05, 0) is 13.8 Å². The standard InChI is InChI=1S/C12H18N4OS/c1-9(8-17-3)16-6-4-14-12(16)15-10(2)11-13-5-7-18-11/h4-7,9-10H,8H2,1-3H3,(H,14,15). The fourth-order valence-corrected chi connectivity index (χ4v) is 2.45. The summed E-state index contributed by atoms with van der Waals surface area (Å²) in [6, 6.07) is 0.407. The van der Waals surface area contributed by atoms with Crippen LogP contribution in [0.4, 0.5) is 5.95 Å². The number of ether oxygens (including phenoxy) is 1. The normalized spacial score (nSPS) is 14.4. The van der Waals surface area contributed by atoms with Gasteiger partial charge in [0.25, 0.3) is 0 Å². The summed E-state index contributed by atoms with van der Waals surface area (Å²) >= 11 is 1.64. The van der Waals surface area contributed by atoms with Crippen LogP contribution in [0.25, 0.3) is 0 Å². The van der Waals surface area contributed by atoms with Crippen LogP contribution >= 0.6 is 11.3 Å². The largest absolute Gasteiger partial charge is 0.383 e. The first kappa shape index (κ1) is 13.0. The summed E-state index contributed by atoms with van der Waals surface area (Å²) < 4.78 is 7.25. The van der Waals surface area contributed by atoms with E-state index in [0.717, 1.165) is 11.0 Å². The molecular weight excluding hydrogens is 248 g/mol. The van der Waals surface area contributed by atoms with Crippen LogP contribution in [0.3, 0.4) is 0 Å². The van der Waals surface area contributed by atoms with E-state index < -0.39 is 0 Å². The van der Waals surface area contributed by atoms with Crippen molar-refractivity contribution in [3.63, 3.8) is 0 Å². The molecule has 0 amide bonds. The minimum absolute atomic E-state index is 0.154. The Morgan fingerprint density at radius 2 is 2.22 bits per heavy atom. The van der Waals surface area contributed by atoms with Crippen molar-refractivity contribution in [3.8, 4) is 0 Å². The Bertz CT molecular complexity index is 468. The lowest BCUT2D eigenvalue weighted by Crippen LogP contribution is -2.16. The zero-order chi connectivity index (χ0) is 13.0. The van der Waals surface area contributed by atoms with Crippen molar-refractivity contribution >= 4 is 17.3 Å². The predicted octanol–water partition coefficient (Wildman–Crippen LogP) is 2.72. The summed E-state index contributed by atoms with van der Waals surface area (Å²) in [5.41, 5.74) is 0. The second-order valence-electron chi connectivity index (χ2n) is 4.20. The van der Waals surface area contributed by atoms with Gasteiger partial charge < -0.3 is 14.6 Å². The smallest absolute Gasteiger partial charge is 0.203 e. The first-order valence-corrected chi connectivity index (χ1v) is 6.78. The summed E-state index contributed by atoms with van der Waals surface area (Å²) in [5.74, 6) is 0.849. The molecule has 5 nitrogen and oxygen atoms in total. The lowest BCUT2D eigenvalue weighted by atomic mass is 10.3. The molecule has 98 valence electrons. The van der Waals surface area contributed by atoms with Gasteiger partial charge in [0.1, 0.15) is 5.01 Å². The number of aromatic nitrogens is 3. The maximum Gasteiger partial charge on any atom is 0.203 e. The monoisotopic (exact) mass is 266 g/mol. The van der Waals surface area contributed by atoms with Crippen LogP contribution in [0.5, 0.6) is 0 Å². The third kappa shape index (κ3) is 2.88. The van der Waals surface area contributed by atoms with Gasteiger partial charge in [-0.2, -0.15) is 0 Å². The Morgan fingerprint density at radius 3 is 2.89 bits per heavy atom. The first-order valence-electron chi connectivity index (χ1n) is 5.90. The lowest BCUT2D eigenvalue weighted by molar-refractivity contribution is 0.163. The van der Waals surface area contributed by atoms with Gasteiger partial charge in [-0.1, -0.05) is 0 Å². The highest BCUT2D eigenvalue weighted by molar-refractivity contribution is 7.09. The van der Waals surface area contributed by atoms with Gasteiger partial charge in [0, 0.05) is 31.1 Å². The molecule has 2 rings (SSSR count). The van der Waals surface area contributed by atoms with Crippen LogP contribution in [-0.4, -0.2) is 28.3 Å². The van der Waals surface area contributed by atoms with E-state index in [1.807, 2.05) is 17.8 Å². The fraction of sp³-hybridized carbons (Fsp3) is 0.500. The van der Waals surface area contributed by atoms with Gasteiger partial charge in [0.05, 0.1) is 18.7 Å². The molecule has 0 aliphatic heterocycles. The molecule has 18 heavy (non-hydrogen) atoms. The van der Waals surface area contributed by atoms with Crippen molar-refractivity contribution in [2.24, 2.45) is 0 Å². The molecule has 2 aromatic heterocycles. The number of hydrogen-bond acceptors (Lipinski definition) is 5. The van der Waals surface area contributed by atoms with Gasteiger partial charge in [-0.15, -0.1) is 11.3 Å². The van der Waals surface area contributed by atoms with Crippen LogP contribution < -0.4 is 5.32 Å². The lowest BCUT2D eigenvalue weighted by Gasteiger charge is -2.18. The zero-order valence-electron chi connectivity index (χ0n) is 10.8. The Labute approximate surface area is 111 Å². The molecule has 0 aliphatic carbocycles. The predicted molar refractivity (Wildman–Crippen MR) is 73.0 cm³/mol. The Morgan fingerprint density at radius 1 is 1.39 bits per heavy atom. The number of thiazole rings is 1. The topological polar surface area (TPSA) is 52.0 Å². The van der Waals surface area contributed by atoms with E-state index >= 15 is 0 Å². The fourth-order valence-electron chi connectivity index (χ4n) is 1.81. The van der Waals surface area contributed by atoms with Crippen molar-refractivity contribution in [2.75, 3.05) is 19.0 Å². The number of anilines is 1. The maximum atomic E-state index is 5.17. The summed E-state index contributed by atoms with van der Waals surface area (Å²) in [6.45, 7) is 4.85. The van der Waals surface area contributed by atoms with E-state index in [1.54, 1.807) is 24.6 Å². The number of nitrogens with one attached hydrogen (secondary N) is 1. The van der Waals surface area contributed by atoms with Gasteiger partial charge >= 0.3 is 0 Å². The van der Waals surface area contributed by atoms with Crippen LogP contribution in [0.15, 0.2) is 24.0 Å². The van der Waals surface area contributed by atoms with E-state index in [9.17, 15) is 0 Å². The van der Waals surface area contributed by atoms with Crippen molar-refractivity contribution in [2.45, 2.75) is 25.9 Å². The molecule has 1 N–H and O–H groups in total. The highest BCUT2D eigenvalue weighted by Gasteiger charge is 2.14. The molecule has 0 saturated heterocycles. The minimum atomic E-state index is 0.154. The second-order valence-corrected chi connectivity index (χ2v) is 5.12. The number of imidazole rings is 1. The van der Waals surface area contributed by atoms with E-state index in [-0.39, 0.29) is 12.1 Å². The Balaban J connectivity index is 2.08. The minimum Gasteiger partial charge on any atom is -0.383 e. The van der Waals surface area contributed by atoms with Crippen molar-refractivity contribution in [1.82, 2.24) is 14.5 Å². The average Bonchev–Trinajstić information content (AvgIpc) is 2.99. The number of methoxy groups -OCH3 is 1. The molecule has 2 unspecified atom stereocenters. The third-order valence-corrected chi connectivity index (χ3v) is 3.68. The molecule has 2 aromatic rings. The van der Waals surface area contributed by atoms with Crippen LogP contribution in [0.2, 0.25) is 0 Å². The molecule has 0 fully saturated rings. The van der Waals surface area contributed by atoms with Gasteiger partial charge in [0.2, 0.25) is 5.95 Å². The number of nitrogens with zero attached hydrogens (tertiary/aromatic N) is 3. The van der Waals surface area contributed by atoms with E-state index in [2.05, 4.69) is 33.7 Å². The SMILES string of the molecule is COCC(C)n1ccnc1NC(C)c1nccs1. The number of rotatable bonds is 6. The van der Waals surface area contributed by atoms with E-state index in [0.29, 0.717) is 6.61 Å². The summed E-state index contributed by atoms with van der Waals surface area (Å²) in [4.78, 5) is 8.64. The van der Waals surface area contributed by atoms with Crippen molar-refractivity contribution in [1.29, 1.82) is 0 Å². The summed E-state index contributed by atoms with van der Waals surface area (Å²) in [7, 11) is 1.71. The maximum absolute atomic E-state index is 5.17. The van der Waals surface area contributed by atoms with E-state index in [4.69, 9.17) is 4.74 Å². The van der Waals surface area contributed by atoms with Gasteiger partial charge in [-0.3, -0.25) is 0 Å². The van der Waals surface area contributed by atoms with Crippen LogP contribution in [0, 0.1) is 0 Å². The van der Waals surface area contributed by atoms with Crippen molar-refractivity contribution < 1.29 is 4.74 Å². The zero-order valence-corrected chi connectivity index (χ0v) is 11.6. The molecule has 0 spiro atoms. The number of hydrogen-bond donors (Lipinski definition) is 1. The molecule has 0 radical (unpaired) electrons. The average molecular weight is 266 g/mol. The van der Waals surface area contributed by atoms with Gasteiger partial charge in [-0.25, -0.2) is 9.97 Å². The molecule has 0 aromatic carbocycles. The van der Waals surface area contributed by atoms with Crippen LogP contribution in [-0.2, 0) is 4.74 Å². The molecule has 0 bridgehead atoms. The van der Waals surface area contributed by atoms with Crippen molar-refractivity contribution in [3.05, 3.63) is 29.0 Å². The Kier molecular flexibility index (Phi) is 4.33. The highest BCUT2D eigenvalue weighted by atomic mass is 32.1. The van der Waals surface area contributed by atoms with Gasteiger partial charge in [0.15, 0.2) is 0 Å². The Hall–Kier alpha value is -1.40. The quantitative estimate of drug-likeness (QED) is 0.873. The second kappa shape index (κ2) is 5.97. The molecule has 6 heteroatoms. The van der Waals surface area contributed by atoms with E-state index in [1.165, 1.54) is 0 Å². The highest BCUT2D eigenvalue weighted by Crippen LogP contribution is 2.21. The third-order valence-electron chi connectivity index (χ3n) is 2.72. The molecule has 0 aliphatic rings. The molecule has 2 atom stereocenters. The molecular formula is C12H18N4OS. The molecule has 0 saturated carbocycles. The summed E-state index contributed by atoms with van der Waals surface area (Å²) in [5, 5.41) is 6.42. The summed E-state index contributed by atoms with van der Waals surface area (Å²) in [6.07, 6.45) is 5.57. The van der Waals surface area contributed by atoms with Crippen LogP contribution in [0.1, 0.15) is 30.9 Å². The molecule has 2 heterocycles.